The van der Waals surface area contributed by atoms with E-state index in [-0.39, 0.29) is 0 Å². The number of rotatable bonds is 2. The summed E-state index contributed by atoms with van der Waals surface area (Å²) in [7, 11) is 0. The first-order valence-electron chi connectivity index (χ1n) is 13.4. The van der Waals surface area contributed by atoms with Gasteiger partial charge in [-0.1, -0.05) is 72.8 Å². The second kappa shape index (κ2) is 13.7. The predicted octanol–water partition coefficient (Wildman–Crippen LogP) is 8.28. The monoisotopic (exact) mass is 628 g/mol. The predicted molar refractivity (Wildman–Crippen MR) is 165 cm³/mol. The van der Waals surface area contributed by atoms with Crippen LogP contribution in [0.3, 0.4) is 0 Å². The number of benzene rings is 5. The minimum atomic E-state index is -2.37. The van der Waals surface area contributed by atoms with Gasteiger partial charge in [-0.2, -0.15) is 0 Å². The largest absolute Gasteiger partial charge is 0.368 e. The van der Waals surface area contributed by atoms with Gasteiger partial charge in [-0.25, -0.2) is 46.3 Å². The molecular formula is C34H22F6N6. The molecule has 7 aromatic rings. The zero-order valence-electron chi connectivity index (χ0n) is 23.6. The lowest BCUT2D eigenvalue weighted by molar-refractivity contribution is 0.334. The van der Waals surface area contributed by atoms with Gasteiger partial charge in [-0.05, 0) is 44.8 Å². The Labute approximate surface area is 258 Å². The first kappa shape index (κ1) is 31.4. The molecule has 0 fully saturated rings. The third-order valence-electron chi connectivity index (χ3n) is 6.67. The lowest BCUT2D eigenvalue weighted by Crippen LogP contribution is -2.04. The maximum atomic E-state index is 12.0. The van der Waals surface area contributed by atoms with Crippen LogP contribution in [-0.4, -0.2) is 19.9 Å². The van der Waals surface area contributed by atoms with Crippen LogP contribution < -0.4 is 11.5 Å². The van der Waals surface area contributed by atoms with Crippen LogP contribution in [0.15, 0.2) is 110 Å². The number of anilines is 2. The zero-order chi connectivity index (χ0) is 32.8. The molecule has 6 nitrogen and oxygen atoms in total. The molecule has 46 heavy (non-hydrogen) atoms. The van der Waals surface area contributed by atoms with Crippen molar-refractivity contribution in [3.8, 4) is 22.3 Å². The molecular weight excluding hydrogens is 606 g/mol. The highest BCUT2D eigenvalue weighted by Gasteiger charge is 2.25. The fourth-order valence-corrected chi connectivity index (χ4v) is 4.29. The van der Waals surface area contributed by atoms with Gasteiger partial charge in [0.1, 0.15) is 0 Å². The van der Waals surface area contributed by atoms with Crippen molar-refractivity contribution in [1.82, 2.24) is 19.9 Å². The quantitative estimate of drug-likeness (QED) is 0.113. The van der Waals surface area contributed by atoms with Crippen molar-refractivity contribution in [2.75, 3.05) is 11.5 Å². The normalized spacial score (nSPS) is 10.6. The van der Waals surface area contributed by atoms with Gasteiger partial charge in [-0.3, -0.25) is 0 Å². The molecule has 2 heterocycles. The third kappa shape index (κ3) is 7.02. The van der Waals surface area contributed by atoms with Crippen molar-refractivity contribution in [1.29, 1.82) is 0 Å². The maximum Gasteiger partial charge on any atom is 0.219 e. The molecule has 0 saturated carbocycles. The van der Waals surface area contributed by atoms with Gasteiger partial charge in [0.15, 0.2) is 0 Å². The van der Waals surface area contributed by atoms with Gasteiger partial charge >= 0.3 is 0 Å². The highest BCUT2D eigenvalue weighted by Crippen LogP contribution is 2.25. The topological polar surface area (TPSA) is 104 Å². The fraction of sp³-hybridized carbons (Fsp3) is 0. The number of nitrogens with zero attached hydrogens (tertiary/aromatic N) is 4. The summed E-state index contributed by atoms with van der Waals surface area (Å²) in [6.45, 7) is 0. The van der Waals surface area contributed by atoms with E-state index in [0.29, 0.717) is 11.9 Å². The molecule has 0 aliphatic heterocycles. The van der Waals surface area contributed by atoms with Crippen LogP contribution >= 0.6 is 0 Å². The molecule has 7 rings (SSSR count). The maximum absolute atomic E-state index is 12.0. The molecule has 0 aliphatic rings. The average molecular weight is 629 g/mol. The fourth-order valence-electron chi connectivity index (χ4n) is 4.29. The molecule has 0 spiro atoms. The number of nitrogen functional groups attached to an aromatic ring is 2. The summed E-state index contributed by atoms with van der Waals surface area (Å²) in [4.78, 5) is 16.0. The van der Waals surface area contributed by atoms with Crippen LogP contribution in [0.2, 0.25) is 0 Å². The molecule has 12 heteroatoms. The van der Waals surface area contributed by atoms with E-state index in [9.17, 15) is 26.3 Å². The molecule has 4 N–H and O–H groups in total. The van der Waals surface area contributed by atoms with Gasteiger partial charge in [0.2, 0.25) is 46.8 Å². The van der Waals surface area contributed by atoms with E-state index in [1.807, 2.05) is 24.3 Å². The molecule has 0 radical (unpaired) electrons. The van der Waals surface area contributed by atoms with Crippen molar-refractivity contribution in [2.45, 2.75) is 0 Å². The summed E-state index contributed by atoms with van der Waals surface area (Å²) in [5, 5.41) is 4.88. The van der Waals surface area contributed by atoms with Crippen molar-refractivity contribution in [2.24, 2.45) is 0 Å². The smallest absolute Gasteiger partial charge is 0.219 e. The van der Waals surface area contributed by atoms with Crippen molar-refractivity contribution in [3.63, 3.8) is 0 Å². The standard InChI is InChI=1S/2C14H11N3.C6F6/c2*15-14-16-8-13(9-17-14)12-6-5-10-3-1-2-4-11(10)7-12;7-1-2(8)4(10)6(12)5(11)3(1)9/h2*1-9H,(H2,15,16,17);. The van der Waals surface area contributed by atoms with Gasteiger partial charge in [0.05, 0.1) is 0 Å². The molecule has 0 aliphatic carbocycles. The lowest BCUT2D eigenvalue weighted by Gasteiger charge is -2.03. The van der Waals surface area contributed by atoms with Crippen LogP contribution in [0, 0.1) is 34.9 Å². The number of aromatic nitrogens is 4. The molecule has 0 amide bonds. The van der Waals surface area contributed by atoms with Crippen molar-refractivity contribution in [3.05, 3.63) is 145 Å². The first-order valence-corrected chi connectivity index (χ1v) is 13.4. The number of hydrogen-bond donors (Lipinski definition) is 2. The summed E-state index contributed by atoms with van der Waals surface area (Å²) in [5.74, 6) is -13.6. The Kier molecular flexibility index (Phi) is 9.36. The Balaban J connectivity index is 0.000000139. The van der Waals surface area contributed by atoms with Crippen LogP contribution in [0.5, 0.6) is 0 Å². The molecule has 5 aromatic carbocycles. The second-order valence-electron chi connectivity index (χ2n) is 9.67. The number of fused-ring (bicyclic) bond motifs is 2. The Hall–Kier alpha value is -6.04. The summed E-state index contributed by atoms with van der Waals surface area (Å²) >= 11 is 0. The zero-order valence-corrected chi connectivity index (χ0v) is 23.6. The van der Waals surface area contributed by atoms with Crippen LogP contribution in [-0.2, 0) is 0 Å². The first-order chi connectivity index (χ1) is 22.1. The summed E-state index contributed by atoms with van der Waals surface area (Å²) in [6, 6.07) is 29.1. The molecule has 0 saturated heterocycles. The lowest BCUT2D eigenvalue weighted by atomic mass is 10.0. The molecule has 0 unspecified atom stereocenters. The van der Waals surface area contributed by atoms with E-state index in [2.05, 4.69) is 80.6 Å². The van der Waals surface area contributed by atoms with Crippen LogP contribution in [0.4, 0.5) is 38.2 Å². The van der Waals surface area contributed by atoms with Crippen LogP contribution in [0.1, 0.15) is 0 Å². The van der Waals surface area contributed by atoms with E-state index in [0.717, 1.165) is 22.3 Å². The highest BCUT2D eigenvalue weighted by molar-refractivity contribution is 5.88. The Morgan fingerprint density at radius 1 is 0.348 bits per heavy atom. The Bertz CT molecular complexity index is 1920. The Morgan fingerprint density at radius 2 is 0.630 bits per heavy atom. The van der Waals surface area contributed by atoms with Crippen molar-refractivity contribution >= 4 is 33.4 Å². The molecule has 230 valence electrons. The minimum absolute atomic E-state index is 0.300. The van der Waals surface area contributed by atoms with E-state index in [1.54, 1.807) is 24.8 Å². The second-order valence-corrected chi connectivity index (χ2v) is 9.67. The number of hydrogen-bond acceptors (Lipinski definition) is 6. The number of nitrogens with two attached hydrogens (primary N) is 2. The van der Waals surface area contributed by atoms with E-state index >= 15 is 0 Å². The van der Waals surface area contributed by atoms with Gasteiger partial charge < -0.3 is 11.5 Å². The van der Waals surface area contributed by atoms with Crippen molar-refractivity contribution < 1.29 is 26.3 Å². The SMILES string of the molecule is Fc1c(F)c(F)c(F)c(F)c1F.Nc1ncc(-c2ccc3ccccc3c2)cn1.Nc1ncc(-c2ccc3ccccc3c2)cn1. The van der Waals surface area contributed by atoms with E-state index in [4.69, 9.17) is 11.5 Å². The Morgan fingerprint density at radius 3 is 0.935 bits per heavy atom. The van der Waals surface area contributed by atoms with E-state index in [1.165, 1.54) is 21.5 Å². The highest BCUT2D eigenvalue weighted by atomic mass is 19.2. The summed E-state index contributed by atoms with van der Waals surface area (Å²) < 4.78 is 72.2. The summed E-state index contributed by atoms with van der Waals surface area (Å²) in [6.07, 6.45) is 6.97. The van der Waals surface area contributed by atoms with Crippen LogP contribution in [0.25, 0.3) is 43.8 Å². The molecule has 0 bridgehead atoms. The third-order valence-corrected chi connectivity index (χ3v) is 6.67. The molecule has 2 aromatic heterocycles. The number of halogens is 6. The summed E-state index contributed by atoms with van der Waals surface area (Å²) in [5.41, 5.74) is 15.1. The van der Waals surface area contributed by atoms with E-state index < -0.39 is 34.9 Å². The van der Waals surface area contributed by atoms with Gasteiger partial charge in [-0.15, -0.1) is 0 Å². The minimum Gasteiger partial charge on any atom is -0.368 e. The van der Waals surface area contributed by atoms with Gasteiger partial charge in [0, 0.05) is 35.9 Å². The molecule has 0 atom stereocenters. The average Bonchev–Trinajstić information content (AvgIpc) is 3.10. The van der Waals surface area contributed by atoms with Gasteiger partial charge in [0.25, 0.3) is 0 Å².